The maximum atomic E-state index is 13.0. The van der Waals surface area contributed by atoms with Gasteiger partial charge in [-0.05, 0) is 56.4 Å². The number of nitrogens with zero attached hydrogens (tertiary/aromatic N) is 2. The van der Waals surface area contributed by atoms with Gasteiger partial charge in [0.25, 0.3) is 11.8 Å². The second kappa shape index (κ2) is 8.91. The molecule has 1 aliphatic heterocycles. The largest absolute Gasteiger partial charge is 0.496 e. The molecule has 2 heterocycles. The van der Waals surface area contributed by atoms with E-state index in [4.69, 9.17) is 21.4 Å². The number of amides is 2. The number of thiocarbonyl (C=S) groups is 1. The topological polar surface area (TPSA) is 75.0 Å². The third-order valence-corrected chi connectivity index (χ3v) is 5.05. The summed E-state index contributed by atoms with van der Waals surface area (Å²) in [7, 11) is 1.56. The molecular formula is C21H23N3O4S. The molecule has 1 fully saturated rings. The summed E-state index contributed by atoms with van der Waals surface area (Å²) < 4.78 is 10.8. The number of hydrogen-bond donors (Lipinski definition) is 1. The van der Waals surface area contributed by atoms with E-state index in [-0.39, 0.29) is 17.2 Å². The van der Waals surface area contributed by atoms with E-state index in [2.05, 4.69) is 24.1 Å². The van der Waals surface area contributed by atoms with Crippen LogP contribution in [0.15, 0.2) is 46.6 Å². The molecule has 0 spiro atoms. The molecule has 152 valence electrons. The fraction of sp³-hybridized carbons (Fsp3) is 0.286. The lowest BCUT2D eigenvalue weighted by Crippen LogP contribution is -2.53. The first-order chi connectivity index (χ1) is 14.0. The maximum Gasteiger partial charge on any atom is 0.266 e. The Morgan fingerprint density at radius 3 is 2.62 bits per heavy atom. The average molecular weight is 413 g/mol. The summed E-state index contributed by atoms with van der Waals surface area (Å²) in [4.78, 5) is 28.9. The van der Waals surface area contributed by atoms with Crippen LogP contribution >= 0.6 is 12.2 Å². The molecule has 7 nitrogen and oxygen atoms in total. The molecule has 0 aliphatic carbocycles. The lowest BCUT2D eigenvalue weighted by molar-refractivity contribution is -0.129. The van der Waals surface area contributed by atoms with Crippen LogP contribution < -0.4 is 15.0 Å². The van der Waals surface area contributed by atoms with Gasteiger partial charge in [-0.2, -0.15) is 0 Å². The quantitative estimate of drug-likeness (QED) is 0.427. The fourth-order valence-corrected chi connectivity index (χ4v) is 3.40. The van der Waals surface area contributed by atoms with E-state index in [1.54, 1.807) is 19.2 Å². The number of methoxy groups -OCH3 is 1. The maximum absolute atomic E-state index is 13.0. The highest BCUT2D eigenvalue weighted by Gasteiger charge is 2.34. The zero-order valence-corrected chi connectivity index (χ0v) is 17.4. The normalized spacial score (nSPS) is 15.6. The Morgan fingerprint density at radius 1 is 1.24 bits per heavy atom. The van der Waals surface area contributed by atoms with E-state index in [9.17, 15) is 9.59 Å². The highest BCUT2D eigenvalue weighted by Crippen LogP contribution is 2.28. The Bertz CT molecular complexity index is 949. The first kappa shape index (κ1) is 20.6. The van der Waals surface area contributed by atoms with E-state index >= 15 is 0 Å². The lowest BCUT2D eigenvalue weighted by Gasteiger charge is -2.28. The summed E-state index contributed by atoms with van der Waals surface area (Å²) in [5.74, 6) is 0.126. The average Bonchev–Trinajstić information content (AvgIpc) is 3.23. The van der Waals surface area contributed by atoms with Crippen LogP contribution in [-0.4, -0.2) is 42.0 Å². The zero-order valence-electron chi connectivity index (χ0n) is 16.6. The number of nitrogens with one attached hydrogen (secondary N) is 1. The molecule has 1 aromatic carbocycles. The molecule has 2 aromatic rings. The van der Waals surface area contributed by atoms with Crippen molar-refractivity contribution in [3.8, 4) is 5.75 Å². The van der Waals surface area contributed by atoms with Crippen molar-refractivity contribution in [1.29, 1.82) is 0 Å². The van der Waals surface area contributed by atoms with Gasteiger partial charge in [-0.1, -0.05) is 0 Å². The number of rotatable bonds is 7. The molecule has 0 unspecified atom stereocenters. The molecule has 0 saturated carbocycles. The van der Waals surface area contributed by atoms with Gasteiger partial charge in [0.15, 0.2) is 5.11 Å². The first-order valence-corrected chi connectivity index (χ1v) is 9.73. The summed E-state index contributed by atoms with van der Waals surface area (Å²) in [5.41, 5.74) is 1.63. The van der Waals surface area contributed by atoms with Gasteiger partial charge in [-0.15, -0.1) is 0 Å². The molecule has 1 aliphatic rings. The van der Waals surface area contributed by atoms with Crippen LogP contribution in [0.3, 0.4) is 0 Å². The van der Waals surface area contributed by atoms with Crippen LogP contribution in [0.5, 0.6) is 5.75 Å². The monoisotopic (exact) mass is 413 g/mol. The van der Waals surface area contributed by atoms with Crippen LogP contribution in [-0.2, 0) is 16.1 Å². The van der Waals surface area contributed by atoms with Crippen LogP contribution in [0.2, 0.25) is 0 Å². The van der Waals surface area contributed by atoms with Crippen LogP contribution in [0.1, 0.15) is 25.2 Å². The number of hydrogen-bond acceptors (Lipinski definition) is 6. The van der Waals surface area contributed by atoms with E-state index in [0.29, 0.717) is 17.1 Å². The molecule has 0 radical (unpaired) electrons. The summed E-state index contributed by atoms with van der Waals surface area (Å²) in [5, 5.41) is 2.62. The molecule has 1 N–H and O–H groups in total. The van der Waals surface area contributed by atoms with Gasteiger partial charge in [-0.3, -0.25) is 19.8 Å². The zero-order chi connectivity index (χ0) is 21.0. The predicted molar refractivity (Wildman–Crippen MR) is 115 cm³/mol. The van der Waals surface area contributed by atoms with E-state index in [1.165, 1.54) is 17.2 Å². The minimum Gasteiger partial charge on any atom is -0.496 e. The number of benzene rings is 1. The van der Waals surface area contributed by atoms with E-state index in [0.717, 1.165) is 18.8 Å². The number of ether oxygens (including phenoxy) is 1. The molecule has 3 rings (SSSR count). The van der Waals surface area contributed by atoms with Gasteiger partial charge in [0.1, 0.15) is 17.1 Å². The standard InChI is InChI=1S/C21H23N3O4S/c1-4-23(5-2)15-9-8-14(18(12-15)27-3)11-17-19(25)22-21(29)24(20(17)26)13-16-7-6-10-28-16/h6-12H,4-5,13H2,1-3H3,(H,22,25,29)/b17-11+. The summed E-state index contributed by atoms with van der Waals surface area (Å²) in [6.45, 7) is 6.02. The number of carbonyl (C=O) groups excluding carboxylic acids is 2. The SMILES string of the molecule is CCN(CC)c1ccc(/C=C2\C(=O)NC(=S)N(Cc3ccco3)C2=O)c(OC)c1. The van der Waals surface area contributed by atoms with Crippen molar-refractivity contribution >= 4 is 40.9 Å². The molecule has 0 bridgehead atoms. The number of carbonyl (C=O) groups is 2. The first-order valence-electron chi connectivity index (χ1n) is 9.32. The van der Waals surface area contributed by atoms with Crippen LogP contribution in [0, 0.1) is 0 Å². The highest BCUT2D eigenvalue weighted by molar-refractivity contribution is 7.80. The summed E-state index contributed by atoms with van der Waals surface area (Å²) in [6.07, 6.45) is 3.05. The molecule has 29 heavy (non-hydrogen) atoms. The molecule has 8 heteroatoms. The van der Waals surface area contributed by atoms with Gasteiger partial charge in [-0.25, -0.2) is 0 Å². The molecular weight excluding hydrogens is 390 g/mol. The van der Waals surface area contributed by atoms with Crippen molar-refractivity contribution in [3.05, 3.63) is 53.5 Å². The van der Waals surface area contributed by atoms with Crippen molar-refractivity contribution in [3.63, 3.8) is 0 Å². The van der Waals surface area contributed by atoms with Crippen molar-refractivity contribution in [2.45, 2.75) is 20.4 Å². The molecule has 0 atom stereocenters. The molecule has 2 amide bonds. The van der Waals surface area contributed by atoms with Crippen LogP contribution in [0.4, 0.5) is 5.69 Å². The second-order valence-electron chi connectivity index (χ2n) is 6.39. The molecule has 1 saturated heterocycles. The predicted octanol–water partition coefficient (Wildman–Crippen LogP) is 2.96. The Kier molecular flexibility index (Phi) is 6.33. The Labute approximate surface area is 174 Å². The van der Waals surface area contributed by atoms with E-state index in [1.807, 2.05) is 18.2 Å². The van der Waals surface area contributed by atoms with Crippen molar-refractivity contribution in [1.82, 2.24) is 10.2 Å². The van der Waals surface area contributed by atoms with Crippen molar-refractivity contribution in [2.75, 3.05) is 25.1 Å². The van der Waals surface area contributed by atoms with Crippen molar-refractivity contribution in [2.24, 2.45) is 0 Å². The third-order valence-electron chi connectivity index (χ3n) is 4.73. The minimum atomic E-state index is -0.537. The van der Waals surface area contributed by atoms with Crippen LogP contribution in [0.25, 0.3) is 6.08 Å². The Hall–Kier alpha value is -3.13. The minimum absolute atomic E-state index is 0.0148. The molecule has 1 aromatic heterocycles. The Morgan fingerprint density at radius 2 is 2.00 bits per heavy atom. The smallest absolute Gasteiger partial charge is 0.266 e. The highest BCUT2D eigenvalue weighted by atomic mass is 32.1. The van der Waals surface area contributed by atoms with Crippen molar-refractivity contribution < 1.29 is 18.7 Å². The Balaban J connectivity index is 1.94. The van der Waals surface area contributed by atoms with E-state index < -0.39 is 11.8 Å². The summed E-state index contributed by atoms with van der Waals surface area (Å²) >= 11 is 5.17. The number of furan rings is 1. The number of anilines is 1. The van der Waals surface area contributed by atoms with Gasteiger partial charge in [0, 0.05) is 30.4 Å². The third kappa shape index (κ3) is 4.32. The van der Waals surface area contributed by atoms with Gasteiger partial charge < -0.3 is 14.1 Å². The van der Waals surface area contributed by atoms with Gasteiger partial charge in [0.05, 0.1) is 19.9 Å². The summed E-state index contributed by atoms with van der Waals surface area (Å²) in [6, 6.07) is 9.15. The van der Waals surface area contributed by atoms with Gasteiger partial charge in [0.2, 0.25) is 0 Å². The van der Waals surface area contributed by atoms with Gasteiger partial charge >= 0.3 is 0 Å². The lowest BCUT2D eigenvalue weighted by atomic mass is 10.1. The second-order valence-corrected chi connectivity index (χ2v) is 6.77. The fourth-order valence-electron chi connectivity index (χ4n) is 3.16.